The van der Waals surface area contributed by atoms with Gasteiger partial charge in [-0.25, -0.2) is 9.37 Å². The maximum absolute atomic E-state index is 13.1. The predicted octanol–water partition coefficient (Wildman–Crippen LogP) is 3.53. The molecule has 0 aliphatic rings. The van der Waals surface area contributed by atoms with Gasteiger partial charge in [-0.1, -0.05) is 6.07 Å². The summed E-state index contributed by atoms with van der Waals surface area (Å²) < 4.78 is 14.8. The maximum Gasteiger partial charge on any atom is 0.269 e. The van der Waals surface area contributed by atoms with E-state index >= 15 is 0 Å². The maximum atomic E-state index is 13.1. The molecule has 3 aromatic heterocycles. The topological polar surface area (TPSA) is 59.3 Å². The van der Waals surface area contributed by atoms with Gasteiger partial charge in [0, 0.05) is 23.3 Å². The van der Waals surface area contributed by atoms with E-state index < -0.39 is 0 Å². The van der Waals surface area contributed by atoms with Crippen molar-refractivity contribution in [2.45, 2.75) is 6.54 Å². The zero-order valence-corrected chi connectivity index (χ0v) is 13.8. The summed E-state index contributed by atoms with van der Waals surface area (Å²) in [4.78, 5) is 21.8. The first-order valence-corrected chi connectivity index (χ1v) is 8.49. The van der Waals surface area contributed by atoms with Crippen LogP contribution in [0.5, 0.6) is 0 Å². The molecule has 0 saturated heterocycles. The van der Waals surface area contributed by atoms with E-state index in [1.54, 1.807) is 34.3 Å². The van der Waals surface area contributed by atoms with Crippen LogP contribution in [0.4, 0.5) is 4.39 Å². The van der Waals surface area contributed by atoms with Gasteiger partial charge in [-0.05, 0) is 36.4 Å². The van der Waals surface area contributed by atoms with E-state index in [9.17, 15) is 9.18 Å². The molecule has 0 aliphatic heterocycles. The van der Waals surface area contributed by atoms with Gasteiger partial charge in [0.15, 0.2) is 4.96 Å². The van der Waals surface area contributed by atoms with Crippen LogP contribution in [0.2, 0.25) is 0 Å². The van der Waals surface area contributed by atoms with Crippen LogP contribution in [-0.4, -0.2) is 20.3 Å². The van der Waals surface area contributed by atoms with Crippen molar-refractivity contribution in [1.82, 2.24) is 19.7 Å². The Labute approximate surface area is 146 Å². The Morgan fingerprint density at radius 2 is 2.04 bits per heavy atom. The van der Waals surface area contributed by atoms with Crippen LogP contribution in [0.1, 0.15) is 16.2 Å². The van der Waals surface area contributed by atoms with E-state index in [-0.39, 0.29) is 11.7 Å². The van der Waals surface area contributed by atoms with E-state index in [1.807, 2.05) is 18.2 Å². The van der Waals surface area contributed by atoms with Crippen LogP contribution in [0.3, 0.4) is 0 Å². The zero-order chi connectivity index (χ0) is 17.2. The molecule has 25 heavy (non-hydrogen) atoms. The molecule has 1 aromatic carbocycles. The largest absolute Gasteiger partial charge is 0.345 e. The van der Waals surface area contributed by atoms with Crippen LogP contribution in [0.25, 0.3) is 16.2 Å². The number of thiazole rings is 1. The van der Waals surface area contributed by atoms with E-state index in [0.29, 0.717) is 22.9 Å². The Morgan fingerprint density at radius 1 is 1.20 bits per heavy atom. The smallest absolute Gasteiger partial charge is 0.269 e. The van der Waals surface area contributed by atoms with Crippen molar-refractivity contribution in [3.05, 3.63) is 77.4 Å². The Balaban J connectivity index is 1.57. The number of fused-ring (bicyclic) bond motifs is 1. The van der Waals surface area contributed by atoms with Crippen LogP contribution >= 0.6 is 11.3 Å². The van der Waals surface area contributed by atoms with Crippen molar-refractivity contribution >= 4 is 22.2 Å². The van der Waals surface area contributed by atoms with E-state index in [1.165, 1.54) is 23.5 Å². The highest BCUT2D eigenvalue weighted by atomic mass is 32.1. The summed E-state index contributed by atoms with van der Waals surface area (Å²) in [6.07, 6.45) is 3.48. The molecule has 0 bridgehead atoms. The number of benzene rings is 1. The summed E-state index contributed by atoms with van der Waals surface area (Å²) in [5.41, 5.74) is 2.81. The molecule has 4 rings (SSSR count). The molecular weight excluding hydrogens is 339 g/mol. The van der Waals surface area contributed by atoms with E-state index in [2.05, 4.69) is 15.3 Å². The van der Waals surface area contributed by atoms with Crippen molar-refractivity contribution < 1.29 is 9.18 Å². The molecule has 5 nitrogen and oxygen atoms in total. The number of carbonyl (C=O) groups excluding carboxylic acids is 1. The second kappa shape index (κ2) is 6.45. The van der Waals surface area contributed by atoms with Crippen molar-refractivity contribution in [2.75, 3.05) is 0 Å². The number of nitrogens with zero attached hydrogens (tertiary/aromatic N) is 3. The number of amides is 1. The minimum Gasteiger partial charge on any atom is -0.345 e. The van der Waals surface area contributed by atoms with Crippen LogP contribution < -0.4 is 5.32 Å². The van der Waals surface area contributed by atoms with Crippen LogP contribution in [-0.2, 0) is 6.54 Å². The quantitative estimate of drug-likeness (QED) is 0.611. The summed E-state index contributed by atoms with van der Waals surface area (Å²) in [6, 6.07) is 11.7. The summed E-state index contributed by atoms with van der Waals surface area (Å²) in [5.74, 6) is -0.487. The number of hydrogen-bond donors (Lipinski definition) is 1. The molecule has 0 saturated carbocycles. The summed E-state index contributed by atoms with van der Waals surface area (Å²) in [6.45, 7) is 0.358. The number of carbonyl (C=O) groups is 1. The lowest BCUT2D eigenvalue weighted by Gasteiger charge is -2.03. The van der Waals surface area contributed by atoms with E-state index in [4.69, 9.17) is 0 Å². The summed E-state index contributed by atoms with van der Waals surface area (Å²) in [5, 5.41) is 4.63. The normalized spacial score (nSPS) is 10.9. The minimum atomic E-state index is -0.292. The van der Waals surface area contributed by atoms with Gasteiger partial charge in [0.2, 0.25) is 0 Å². The summed E-state index contributed by atoms with van der Waals surface area (Å²) >= 11 is 1.38. The Morgan fingerprint density at radius 3 is 2.80 bits per heavy atom. The van der Waals surface area contributed by atoms with Gasteiger partial charge in [-0.3, -0.25) is 14.2 Å². The van der Waals surface area contributed by atoms with Gasteiger partial charge in [0.05, 0.1) is 17.9 Å². The van der Waals surface area contributed by atoms with Crippen LogP contribution in [0, 0.1) is 5.82 Å². The molecule has 0 atom stereocenters. The lowest BCUT2D eigenvalue weighted by Crippen LogP contribution is -2.24. The molecule has 1 amide bonds. The molecule has 0 aliphatic carbocycles. The highest BCUT2D eigenvalue weighted by Crippen LogP contribution is 2.24. The van der Waals surface area contributed by atoms with Gasteiger partial charge in [-0.2, -0.15) is 0 Å². The standard InChI is InChI=1S/C18H13FN4OS/c19-13-6-4-12(5-7-13)15-10-23-16(11-25-18(23)22-15)17(24)21-9-14-3-1-2-8-20-14/h1-8,10-11H,9H2,(H,21,24). The fourth-order valence-corrected chi connectivity index (χ4v) is 3.32. The van der Waals surface area contributed by atoms with E-state index in [0.717, 1.165) is 11.3 Å². The molecule has 1 N–H and O–H groups in total. The number of rotatable bonds is 4. The number of halogens is 1. The van der Waals surface area contributed by atoms with Gasteiger partial charge in [0.25, 0.3) is 5.91 Å². The second-order valence-corrected chi connectivity index (χ2v) is 6.25. The molecular formula is C18H13FN4OS. The first-order valence-electron chi connectivity index (χ1n) is 7.61. The van der Waals surface area contributed by atoms with Gasteiger partial charge in [0.1, 0.15) is 11.5 Å². The second-order valence-electron chi connectivity index (χ2n) is 5.41. The van der Waals surface area contributed by atoms with Crippen molar-refractivity contribution in [3.63, 3.8) is 0 Å². The highest BCUT2D eigenvalue weighted by molar-refractivity contribution is 7.15. The van der Waals surface area contributed by atoms with Gasteiger partial charge >= 0.3 is 0 Å². The fraction of sp³-hybridized carbons (Fsp3) is 0.0556. The number of imidazole rings is 1. The highest BCUT2D eigenvalue weighted by Gasteiger charge is 2.15. The molecule has 0 radical (unpaired) electrons. The number of aromatic nitrogens is 3. The lowest BCUT2D eigenvalue weighted by molar-refractivity contribution is 0.0945. The molecule has 7 heteroatoms. The van der Waals surface area contributed by atoms with Crippen molar-refractivity contribution in [2.24, 2.45) is 0 Å². The van der Waals surface area contributed by atoms with Crippen molar-refractivity contribution in [1.29, 1.82) is 0 Å². The van der Waals surface area contributed by atoms with Crippen LogP contribution in [0.15, 0.2) is 60.2 Å². The first kappa shape index (κ1) is 15.5. The number of hydrogen-bond acceptors (Lipinski definition) is 4. The molecule has 124 valence electrons. The first-order chi connectivity index (χ1) is 12.2. The molecule has 3 heterocycles. The summed E-state index contributed by atoms with van der Waals surface area (Å²) in [7, 11) is 0. The number of pyridine rings is 1. The number of nitrogens with one attached hydrogen (secondary N) is 1. The zero-order valence-electron chi connectivity index (χ0n) is 13.0. The Hall–Kier alpha value is -3.06. The lowest BCUT2D eigenvalue weighted by atomic mass is 10.2. The average molecular weight is 352 g/mol. The molecule has 4 aromatic rings. The predicted molar refractivity (Wildman–Crippen MR) is 93.9 cm³/mol. The van der Waals surface area contributed by atoms with Gasteiger partial charge in [-0.15, -0.1) is 11.3 Å². The third-order valence-electron chi connectivity index (χ3n) is 3.74. The Kier molecular flexibility index (Phi) is 3.99. The molecule has 0 unspecified atom stereocenters. The SMILES string of the molecule is O=C(NCc1ccccn1)c1csc2nc(-c3ccc(F)cc3)cn12. The molecule has 0 fully saturated rings. The molecule has 0 spiro atoms. The van der Waals surface area contributed by atoms with Gasteiger partial charge < -0.3 is 5.32 Å². The van der Waals surface area contributed by atoms with Crippen molar-refractivity contribution in [3.8, 4) is 11.3 Å². The minimum absolute atomic E-state index is 0.194. The average Bonchev–Trinajstić information content (AvgIpc) is 3.22. The third-order valence-corrected chi connectivity index (χ3v) is 4.58. The Bertz CT molecular complexity index is 1020. The third kappa shape index (κ3) is 3.14. The fourth-order valence-electron chi connectivity index (χ4n) is 2.47. The monoisotopic (exact) mass is 352 g/mol.